The summed E-state index contributed by atoms with van der Waals surface area (Å²) >= 11 is 0. The Morgan fingerprint density at radius 3 is 2.42 bits per heavy atom. The molecule has 0 saturated heterocycles. The lowest BCUT2D eigenvalue weighted by Crippen LogP contribution is -2.30. The first-order chi connectivity index (χ1) is 9.06. The van der Waals surface area contributed by atoms with Gasteiger partial charge in [-0.1, -0.05) is 29.8 Å². The number of carbonyl (C=O) groups is 2. The van der Waals surface area contributed by atoms with E-state index in [0.717, 1.165) is 18.4 Å². The lowest BCUT2D eigenvalue weighted by Gasteiger charge is -2.19. The first kappa shape index (κ1) is 13.6. The van der Waals surface area contributed by atoms with Crippen LogP contribution >= 0.6 is 0 Å². The SMILES string of the molecule is Cc1ccc(C(NC(=O)CCC(=O)O)C2CC2)cc1. The molecule has 4 heteroatoms. The van der Waals surface area contributed by atoms with Gasteiger partial charge in [0.25, 0.3) is 0 Å². The van der Waals surface area contributed by atoms with Crippen LogP contribution in [0.4, 0.5) is 0 Å². The highest BCUT2D eigenvalue weighted by molar-refractivity contribution is 5.81. The van der Waals surface area contributed by atoms with Gasteiger partial charge in [0.2, 0.25) is 5.91 Å². The second kappa shape index (κ2) is 5.87. The van der Waals surface area contributed by atoms with Gasteiger partial charge in [-0.2, -0.15) is 0 Å². The molecule has 1 atom stereocenters. The predicted molar refractivity (Wildman–Crippen MR) is 71.7 cm³/mol. The summed E-state index contributed by atoms with van der Waals surface area (Å²) in [5.41, 5.74) is 2.30. The maximum Gasteiger partial charge on any atom is 0.303 e. The maximum absolute atomic E-state index is 11.8. The number of rotatable bonds is 6. The van der Waals surface area contributed by atoms with E-state index >= 15 is 0 Å². The molecule has 1 aliphatic rings. The number of hydrogen-bond acceptors (Lipinski definition) is 2. The molecule has 1 aromatic rings. The first-order valence-corrected chi connectivity index (χ1v) is 6.64. The van der Waals surface area contributed by atoms with E-state index in [1.54, 1.807) is 0 Å². The molecule has 1 aliphatic carbocycles. The second-order valence-corrected chi connectivity index (χ2v) is 5.19. The summed E-state index contributed by atoms with van der Waals surface area (Å²) < 4.78 is 0. The molecule has 1 unspecified atom stereocenters. The molecule has 2 N–H and O–H groups in total. The predicted octanol–water partition coefficient (Wildman–Crippen LogP) is 2.43. The van der Waals surface area contributed by atoms with Gasteiger partial charge in [-0.05, 0) is 31.2 Å². The van der Waals surface area contributed by atoms with E-state index in [9.17, 15) is 9.59 Å². The molecule has 4 nitrogen and oxygen atoms in total. The molecule has 2 rings (SSSR count). The molecule has 0 aromatic heterocycles. The van der Waals surface area contributed by atoms with E-state index < -0.39 is 5.97 Å². The van der Waals surface area contributed by atoms with Crippen LogP contribution in [0.15, 0.2) is 24.3 Å². The highest BCUT2D eigenvalue weighted by Crippen LogP contribution is 2.41. The minimum absolute atomic E-state index is 0.0295. The van der Waals surface area contributed by atoms with Crippen molar-refractivity contribution in [3.05, 3.63) is 35.4 Å². The molecule has 0 aliphatic heterocycles. The van der Waals surface area contributed by atoms with Gasteiger partial charge in [-0.15, -0.1) is 0 Å². The highest BCUT2D eigenvalue weighted by Gasteiger charge is 2.33. The average molecular weight is 261 g/mol. The number of carbonyl (C=O) groups excluding carboxylic acids is 1. The lowest BCUT2D eigenvalue weighted by atomic mass is 10.0. The van der Waals surface area contributed by atoms with Crippen LogP contribution in [0.2, 0.25) is 0 Å². The van der Waals surface area contributed by atoms with Crippen LogP contribution < -0.4 is 5.32 Å². The fourth-order valence-corrected chi connectivity index (χ4v) is 2.14. The summed E-state index contributed by atoms with van der Waals surface area (Å²) in [6.45, 7) is 2.03. The van der Waals surface area contributed by atoms with Gasteiger partial charge in [0, 0.05) is 6.42 Å². The topological polar surface area (TPSA) is 66.4 Å². The molecule has 1 saturated carbocycles. The number of nitrogens with one attached hydrogen (secondary N) is 1. The van der Waals surface area contributed by atoms with E-state index in [0.29, 0.717) is 5.92 Å². The van der Waals surface area contributed by atoms with Crippen LogP contribution in [0, 0.1) is 12.8 Å². The molecular weight excluding hydrogens is 242 g/mol. The van der Waals surface area contributed by atoms with Crippen molar-refractivity contribution in [2.75, 3.05) is 0 Å². The van der Waals surface area contributed by atoms with E-state index in [-0.39, 0.29) is 24.8 Å². The number of aliphatic carboxylic acids is 1. The molecule has 19 heavy (non-hydrogen) atoms. The zero-order valence-electron chi connectivity index (χ0n) is 11.1. The summed E-state index contributed by atoms with van der Waals surface area (Å²) in [5, 5.41) is 11.6. The molecule has 0 bridgehead atoms. The Morgan fingerprint density at radius 1 is 1.26 bits per heavy atom. The third kappa shape index (κ3) is 4.09. The number of hydrogen-bond donors (Lipinski definition) is 2. The standard InChI is InChI=1S/C15H19NO3/c1-10-2-4-11(5-3-10)15(12-6-7-12)16-13(17)8-9-14(18)19/h2-5,12,15H,6-9H2,1H3,(H,16,17)(H,18,19). The fraction of sp³-hybridized carbons (Fsp3) is 0.467. The lowest BCUT2D eigenvalue weighted by molar-refractivity contribution is -0.139. The summed E-state index contributed by atoms with van der Waals surface area (Å²) in [6, 6.07) is 8.18. The number of benzene rings is 1. The Hall–Kier alpha value is -1.84. The van der Waals surface area contributed by atoms with Crippen molar-refractivity contribution in [2.24, 2.45) is 5.92 Å². The van der Waals surface area contributed by atoms with E-state index in [2.05, 4.69) is 5.32 Å². The Morgan fingerprint density at radius 2 is 1.89 bits per heavy atom. The Kier molecular flexibility index (Phi) is 4.20. The quantitative estimate of drug-likeness (QED) is 0.826. The van der Waals surface area contributed by atoms with Gasteiger partial charge in [0.1, 0.15) is 0 Å². The monoisotopic (exact) mass is 261 g/mol. The third-order valence-corrected chi connectivity index (χ3v) is 3.41. The molecule has 1 aromatic carbocycles. The zero-order valence-corrected chi connectivity index (χ0v) is 11.1. The number of carboxylic acids is 1. The summed E-state index contributed by atoms with van der Waals surface area (Å²) in [5.74, 6) is -0.621. The van der Waals surface area contributed by atoms with Crippen molar-refractivity contribution in [3.63, 3.8) is 0 Å². The van der Waals surface area contributed by atoms with E-state index in [4.69, 9.17) is 5.11 Å². The van der Waals surface area contributed by atoms with Gasteiger partial charge in [-0.25, -0.2) is 0 Å². The number of carboxylic acid groups (broad SMARTS) is 1. The Bertz CT molecular complexity index is 463. The molecular formula is C15H19NO3. The largest absolute Gasteiger partial charge is 0.481 e. The molecule has 1 amide bonds. The van der Waals surface area contributed by atoms with Crippen molar-refractivity contribution in [1.82, 2.24) is 5.32 Å². The molecule has 0 heterocycles. The third-order valence-electron chi connectivity index (χ3n) is 3.41. The van der Waals surface area contributed by atoms with Gasteiger partial charge in [0.15, 0.2) is 0 Å². The van der Waals surface area contributed by atoms with Crippen molar-refractivity contribution < 1.29 is 14.7 Å². The Balaban J connectivity index is 1.98. The van der Waals surface area contributed by atoms with Crippen LogP contribution in [0.3, 0.4) is 0 Å². The normalized spacial score (nSPS) is 15.8. The van der Waals surface area contributed by atoms with Gasteiger partial charge >= 0.3 is 5.97 Å². The minimum atomic E-state index is -0.937. The minimum Gasteiger partial charge on any atom is -0.481 e. The highest BCUT2D eigenvalue weighted by atomic mass is 16.4. The summed E-state index contributed by atoms with van der Waals surface area (Å²) in [4.78, 5) is 22.2. The Labute approximate surface area is 112 Å². The molecule has 1 fully saturated rings. The smallest absolute Gasteiger partial charge is 0.303 e. The maximum atomic E-state index is 11.8. The van der Waals surface area contributed by atoms with Gasteiger partial charge in [-0.3, -0.25) is 9.59 Å². The van der Waals surface area contributed by atoms with Gasteiger partial charge < -0.3 is 10.4 Å². The first-order valence-electron chi connectivity index (χ1n) is 6.64. The van der Waals surface area contributed by atoms with E-state index in [1.807, 2.05) is 31.2 Å². The van der Waals surface area contributed by atoms with Crippen molar-refractivity contribution in [3.8, 4) is 0 Å². The van der Waals surface area contributed by atoms with E-state index in [1.165, 1.54) is 5.56 Å². The van der Waals surface area contributed by atoms with Crippen molar-refractivity contribution >= 4 is 11.9 Å². The van der Waals surface area contributed by atoms with Gasteiger partial charge in [0.05, 0.1) is 12.5 Å². The average Bonchev–Trinajstić information content (AvgIpc) is 3.19. The van der Waals surface area contributed by atoms with Crippen LogP contribution in [-0.4, -0.2) is 17.0 Å². The van der Waals surface area contributed by atoms with Crippen LogP contribution in [0.5, 0.6) is 0 Å². The zero-order chi connectivity index (χ0) is 13.8. The van der Waals surface area contributed by atoms with Crippen molar-refractivity contribution in [2.45, 2.75) is 38.6 Å². The fourth-order valence-electron chi connectivity index (χ4n) is 2.14. The van der Waals surface area contributed by atoms with Crippen LogP contribution in [0.1, 0.15) is 42.9 Å². The summed E-state index contributed by atoms with van der Waals surface area (Å²) in [6.07, 6.45) is 2.18. The van der Waals surface area contributed by atoms with Crippen LogP contribution in [-0.2, 0) is 9.59 Å². The number of aryl methyl sites for hydroxylation is 1. The molecule has 0 radical (unpaired) electrons. The van der Waals surface area contributed by atoms with Crippen molar-refractivity contribution in [1.29, 1.82) is 0 Å². The molecule has 0 spiro atoms. The van der Waals surface area contributed by atoms with Crippen LogP contribution in [0.25, 0.3) is 0 Å². The molecule has 102 valence electrons. The summed E-state index contributed by atoms with van der Waals surface area (Å²) in [7, 11) is 0. The second-order valence-electron chi connectivity index (χ2n) is 5.19. The number of amides is 1.